The van der Waals surface area contributed by atoms with Crippen LogP contribution in [0.1, 0.15) is 36.5 Å². The normalized spacial score (nSPS) is 10.5. The predicted molar refractivity (Wildman–Crippen MR) is 78.9 cm³/mol. The monoisotopic (exact) mass is 238 g/mol. The second-order valence-corrected chi connectivity index (χ2v) is 4.87. The molecular formula is C18H22. The summed E-state index contributed by atoms with van der Waals surface area (Å²) >= 11 is 0. The van der Waals surface area contributed by atoms with Gasteiger partial charge in [0.1, 0.15) is 0 Å². The van der Waals surface area contributed by atoms with E-state index in [4.69, 9.17) is 0 Å². The second-order valence-electron chi connectivity index (χ2n) is 4.87. The van der Waals surface area contributed by atoms with Crippen molar-refractivity contribution in [1.29, 1.82) is 0 Å². The Kier molecular flexibility index (Phi) is 5.01. The van der Waals surface area contributed by atoms with Crippen molar-refractivity contribution in [3.05, 3.63) is 71.3 Å². The minimum atomic E-state index is 1.14. The predicted octanol–water partition coefficient (Wildman–Crippen LogP) is 4.81. The zero-order chi connectivity index (χ0) is 12.6. The van der Waals surface area contributed by atoms with E-state index in [1.165, 1.54) is 42.4 Å². The molecule has 0 aliphatic carbocycles. The lowest BCUT2D eigenvalue weighted by Crippen LogP contribution is -1.90. The van der Waals surface area contributed by atoms with Crippen molar-refractivity contribution in [2.45, 2.75) is 39.0 Å². The van der Waals surface area contributed by atoms with E-state index in [1.54, 1.807) is 0 Å². The fraction of sp³-hybridized carbons (Fsp3) is 0.333. The molecule has 0 N–H and O–H groups in total. The van der Waals surface area contributed by atoms with Gasteiger partial charge in [-0.05, 0) is 48.8 Å². The molecule has 2 aromatic carbocycles. The molecule has 0 fully saturated rings. The third kappa shape index (κ3) is 4.03. The number of aryl methyl sites for hydroxylation is 3. The molecule has 0 unspecified atom stereocenters. The summed E-state index contributed by atoms with van der Waals surface area (Å²) < 4.78 is 0. The number of hydrogen-bond acceptors (Lipinski definition) is 0. The summed E-state index contributed by atoms with van der Waals surface area (Å²) in [5.41, 5.74) is 4.40. The third-order valence-electron chi connectivity index (χ3n) is 3.42. The third-order valence-corrected chi connectivity index (χ3v) is 3.42. The average Bonchev–Trinajstić information content (AvgIpc) is 2.45. The smallest absolute Gasteiger partial charge is 0.0279 e. The first kappa shape index (κ1) is 12.9. The maximum atomic E-state index is 2.35. The van der Waals surface area contributed by atoms with Gasteiger partial charge in [-0.3, -0.25) is 0 Å². The summed E-state index contributed by atoms with van der Waals surface area (Å²) in [5, 5.41) is 0. The van der Waals surface area contributed by atoms with Crippen molar-refractivity contribution in [2.24, 2.45) is 0 Å². The topological polar surface area (TPSA) is 0 Å². The minimum Gasteiger partial charge on any atom is -0.0622 e. The summed E-state index contributed by atoms with van der Waals surface area (Å²) in [6, 6.07) is 19.8. The lowest BCUT2D eigenvalue weighted by atomic mass is 10.0. The van der Waals surface area contributed by atoms with E-state index in [9.17, 15) is 0 Å². The Morgan fingerprint density at radius 3 is 2.00 bits per heavy atom. The van der Waals surface area contributed by atoms with Crippen LogP contribution < -0.4 is 0 Å². The average molecular weight is 238 g/mol. The van der Waals surface area contributed by atoms with E-state index in [-0.39, 0.29) is 0 Å². The van der Waals surface area contributed by atoms with Crippen molar-refractivity contribution in [1.82, 2.24) is 0 Å². The zero-order valence-electron chi connectivity index (χ0n) is 11.2. The molecule has 0 saturated heterocycles. The summed E-state index contributed by atoms with van der Waals surface area (Å²) in [6.45, 7) is 2.22. The Morgan fingerprint density at radius 2 is 1.28 bits per heavy atom. The van der Waals surface area contributed by atoms with Crippen LogP contribution in [0.25, 0.3) is 0 Å². The SMILES string of the molecule is CCc1cccc(CCCCc2ccccc2)c1. The van der Waals surface area contributed by atoms with Crippen LogP contribution in [-0.4, -0.2) is 0 Å². The largest absolute Gasteiger partial charge is 0.0622 e. The quantitative estimate of drug-likeness (QED) is 0.633. The molecule has 2 rings (SSSR count). The van der Waals surface area contributed by atoms with E-state index in [0.29, 0.717) is 0 Å². The van der Waals surface area contributed by atoms with E-state index < -0.39 is 0 Å². The van der Waals surface area contributed by atoms with Crippen molar-refractivity contribution in [3.63, 3.8) is 0 Å². The van der Waals surface area contributed by atoms with Crippen molar-refractivity contribution in [2.75, 3.05) is 0 Å². The summed E-state index contributed by atoms with van der Waals surface area (Å²) in [5.74, 6) is 0. The molecule has 0 aliphatic rings. The molecule has 0 spiro atoms. The highest BCUT2D eigenvalue weighted by molar-refractivity contribution is 5.23. The lowest BCUT2D eigenvalue weighted by molar-refractivity contribution is 0.734. The Bertz CT molecular complexity index is 456. The molecule has 0 atom stereocenters. The number of hydrogen-bond donors (Lipinski definition) is 0. The van der Waals surface area contributed by atoms with Gasteiger partial charge in [-0.1, -0.05) is 61.5 Å². The molecular weight excluding hydrogens is 216 g/mol. The lowest BCUT2D eigenvalue weighted by Gasteiger charge is -2.04. The van der Waals surface area contributed by atoms with Crippen LogP contribution in [0.3, 0.4) is 0 Å². The summed E-state index contributed by atoms with van der Waals surface area (Å²) in [7, 11) is 0. The molecule has 0 amide bonds. The summed E-state index contributed by atoms with van der Waals surface area (Å²) in [6.07, 6.45) is 6.11. The molecule has 0 aromatic heterocycles. The van der Waals surface area contributed by atoms with Gasteiger partial charge in [0.05, 0.1) is 0 Å². The maximum absolute atomic E-state index is 2.35. The van der Waals surface area contributed by atoms with Gasteiger partial charge in [0.15, 0.2) is 0 Å². The Morgan fingerprint density at radius 1 is 0.667 bits per heavy atom. The number of unbranched alkanes of at least 4 members (excludes halogenated alkanes) is 1. The number of rotatable bonds is 6. The van der Waals surface area contributed by atoms with E-state index in [2.05, 4.69) is 61.5 Å². The Labute approximate surface area is 111 Å². The van der Waals surface area contributed by atoms with Gasteiger partial charge < -0.3 is 0 Å². The van der Waals surface area contributed by atoms with Gasteiger partial charge in [-0.25, -0.2) is 0 Å². The first-order valence-electron chi connectivity index (χ1n) is 7.00. The van der Waals surface area contributed by atoms with Crippen molar-refractivity contribution >= 4 is 0 Å². The number of benzene rings is 2. The molecule has 18 heavy (non-hydrogen) atoms. The molecule has 0 heterocycles. The summed E-state index contributed by atoms with van der Waals surface area (Å²) in [4.78, 5) is 0. The Hall–Kier alpha value is -1.56. The molecule has 94 valence electrons. The van der Waals surface area contributed by atoms with Crippen LogP contribution in [-0.2, 0) is 19.3 Å². The molecule has 0 aliphatic heterocycles. The first-order chi connectivity index (χ1) is 8.88. The molecule has 0 bridgehead atoms. The van der Waals surface area contributed by atoms with Gasteiger partial charge in [-0.15, -0.1) is 0 Å². The van der Waals surface area contributed by atoms with E-state index in [1.807, 2.05) is 0 Å². The minimum absolute atomic E-state index is 1.14. The van der Waals surface area contributed by atoms with Gasteiger partial charge in [-0.2, -0.15) is 0 Å². The van der Waals surface area contributed by atoms with Gasteiger partial charge in [0, 0.05) is 0 Å². The van der Waals surface area contributed by atoms with Crippen LogP contribution >= 0.6 is 0 Å². The molecule has 0 saturated carbocycles. The fourth-order valence-electron chi connectivity index (χ4n) is 2.31. The fourth-order valence-corrected chi connectivity index (χ4v) is 2.31. The Balaban J connectivity index is 1.75. The van der Waals surface area contributed by atoms with Crippen molar-refractivity contribution in [3.8, 4) is 0 Å². The molecule has 0 radical (unpaired) electrons. The van der Waals surface area contributed by atoms with Crippen LogP contribution in [0.2, 0.25) is 0 Å². The van der Waals surface area contributed by atoms with Crippen LogP contribution in [0.15, 0.2) is 54.6 Å². The highest BCUT2D eigenvalue weighted by Gasteiger charge is 1.96. The van der Waals surface area contributed by atoms with Gasteiger partial charge in [0.25, 0.3) is 0 Å². The second kappa shape index (κ2) is 7.00. The van der Waals surface area contributed by atoms with E-state index in [0.717, 1.165) is 6.42 Å². The highest BCUT2D eigenvalue weighted by Crippen LogP contribution is 2.11. The molecule has 0 heteroatoms. The molecule has 0 nitrogen and oxygen atoms in total. The van der Waals surface area contributed by atoms with Gasteiger partial charge >= 0.3 is 0 Å². The van der Waals surface area contributed by atoms with Crippen molar-refractivity contribution < 1.29 is 0 Å². The standard InChI is InChI=1S/C18H22/c1-2-16-13-8-14-18(15-16)12-7-6-11-17-9-4-3-5-10-17/h3-5,8-10,13-15H,2,6-7,11-12H2,1H3. The van der Waals surface area contributed by atoms with Crippen LogP contribution in [0.4, 0.5) is 0 Å². The van der Waals surface area contributed by atoms with Gasteiger partial charge in [0.2, 0.25) is 0 Å². The maximum Gasteiger partial charge on any atom is -0.0279 e. The first-order valence-corrected chi connectivity index (χ1v) is 7.00. The van der Waals surface area contributed by atoms with E-state index >= 15 is 0 Å². The van der Waals surface area contributed by atoms with Crippen LogP contribution in [0, 0.1) is 0 Å². The molecule has 2 aromatic rings. The highest BCUT2D eigenvalue weighted by atomic mass is 14.0. The zero-order valence-corrected chi connectivity index (χ0v) is 11.2. The van der Waals surface area contributed by atoms with Crippen LogP contribution in [0.5, 0.6) is 0 Å².